The molecule has 1 saturated heterocycles. The molecule has 6 nitrogen and oxygen atoms in total. The number of benzene rings is 2. The fourth-order valence-corrected chi connectivity index (χ4v) is 5.92. The van der Waals surface area contributed by atoms with Crippen molar-refractivity contribution in [2.24, 2.45) is 0 Å². The Kier molecular flexibility index (Phi) is 5.73. The van der Waals surface area contributed by atoms with Gasteiger partial charge in [-0.2, -0.15) is 0 Å². The summed E-state index contributed by atoms with van der Waals surface area (Å²) < 4.78 is 0. The number of thiazole rings is 1. The van der Waals surface area contributed by atoms with Crippen LogP contribution in [0.1, 0.15) is 24.3 Å². The predicted molar refractivity (Wildman–Crippen MR) is 137 cm³/mol. The van der Waals surface area contributed by atoms with E-state index >= 15 is 0 Å². The molecular weight excluding hydrogens is 442 g/mol. The van der Waals surface area contributed by atoms with Crippen molar-refractivity contribution in [3.8, 4) is 21.7 Å². The molecule has 172 valence electrons. The zero-order valence-electron chi connectivity index (χ0n) is 18.9. The van der Waals surface area contributed by atoms with Gasteiger partial charge in [0.05, 0.1) is 22.9 Å². The first kappa shape index (κ1) is 21.3. The van der Waals surface area contributed by atoms with E-state index in [9.17, 15) is 5.11 Å². The average Bonchev–Trinajstić information content (AvgIpc) is 3.34. The first-order chi connectivity index (χ1) is 16.7. The number of nitrogens with zero attached hydrogens (tertiary/aromatic N) is 5. The SMILES string of the molecule is OC1CC(c2ccc(-c3nc(N4CCN(c5cnccn5)CC4)sc3-c3ccccc3)cc2)C1. The molecule has 1 aliphatic heterocycles. The lowest BCUT2D eigenvalue weighted by atomic mass is 9.77. The highest BCUT2D eigenvalue weighted by Gasteiger charge is 2.28. The molecule has 7 heteroatoms. The van der Waals surface area contributed by atoms with Gasteiger partial charge in [-0.3, -0.25) is 4.98 Å². The standard InChI is InChI=1S/C27H27N5OS/c33-23-16-22(17-23)19-6-8-20(9-7-19)25-26(21-4-2-1-3-5-21)34-27(30-25)32-14-12-31(13-15-32)24-18-28-10-11-29-24/h1-11,18,22-23,33H,12-17H2. The van der Waals surface area contributed by atoms with Gasteiger partial charge in [-0.1, -0.05) is 65.9 Å². The molecule has 2 fully saturated rings. The third-order valence-electron chi connectivity index (χ3n) is 6.84. The van der Waals surface area contributed by atoms with Gasteiger partial charge in [0.2, 0.25) is 0 Å². The maximum Gasteiger partial charge on any atom is 0.186 e. The van der Waals surface area contributed by atoms with Crippen LogP contribution >= 0.6 is 11.3 Å². The summed E-state index contributed by atoms with van der Waals surface area (Å²) in [6.45, 7) is 3.60. The molecule has 2 aromatic carbocycles. The van der Waals surface area contributed by atoms with Crippen molar-refractivity contribution in [1.29, 1.82) is 0 Å². The number of aliphatic hydroxyl groups excluding tert-OH is 1. The van der Waals surface area contributed by atoms with Crippen LogP contribution in [0.2, 0.25) is 0 Å². The lowest BCUT2D eigenvalue weighted by Gasteiger charge is -2.35. The summed E-state index contributed by atoms with van der Waals surface area (Å²) in [6, 6.07) is 19.4. The normalized spacial score (nSPS) is 20.3. The molecule has 0 spiro atoms. The zero-order valence-corrected chi connectivity index (χ0v) is 19.7. The first-order valence-electron chi connectivity index (χ1n) is 11.8. The highest BCUT2D eigenvalue weighted by molar-refractivity contribution is 7.19. The van der Waals surface area contributed by atoms with E-state index in [1.54, 1.807) is 23.7 Å². The summed E-state index contributed by atoms with van der Waals surface area (Å²) in [5, 5.41) is 10.7. The Bertz CT molecular complexity index is 1230. The molecule has 0 bridgehead atoms. The van der Waals surface area contributed by atoms with Crippen LogP contribution in [0, 0.1) is 0 Å². The van der Waals surface area contributed by atoms with Gasteiger partial charge >= 0.3 is 0 Å². The highest BCUT2D eigenvalue weighted by atomic mass is 32.1. The van der Waals surface area contributed by atoms with Crippen molar-refractivity contribution in [1.82, 2.24) is 15.0 Å². The molecule has 4 aromatic rings. The molecule has 2 aliphatic rings. The second-order valence-electron chi connectivity index (χ2n) is 9.02. The Labute approximate surface area is 203 Å². The van der Waals surface area contributed by atoms with E-state index < -0.39 is 0 Å². The second kappa shape index (κ2) is 9.16. The van der Waals surface area contributed by atoms with E-state index in [0.29, 0.717) is 5.92 Å². The van der Waals surface area contributed by atoms with E-state index in [1.807, 2.05) is 6.20 Å². The molecule has 2 aromatic heterocycles. The van der Waals surface area contributed by atoms with E-state index in [2.05, 4.69) is 74.4 Å². The average molecular weight is 470 g/mol. The monoisotopic (exact) mass is 469 g/mol. The summed E-state index contributed by atoms with van der Waals surface area (Å²) in [6.07, 6.45) is 6.90. The number of hydrogen-bond acceptors (Lipinski definition) is 7. The molecule has 0 unspecified atom stereocenters. The van der Waals surface area contributed by atoms with Crippen LogP contribution in [-0.2, 0) is 0 Å². The summed E-state index contributed by atoms with van der Waals surface area (Å²) >= 11 is 1.77. The lowest BCUT2D eigenvalue weighted by molar-refractivity contribution is 0.0746. The van der Waals surface area contributed by atoms with Crippen LogP contribution < -0.4 is 9.80 Å². The van der Waals surface area contributed by atoms with E-state index in [0.717, 1.165) is 61.2 Å². The minimum absolute atomic E-state index is 0.134. The van der Waals surface area contributed by atoms with E-state index in [1.165, 1.54) is 16.0 Å². The minimum atomic E-state index is -0.134. The molecule has 1 saturated carbocycles. The fraction of sp³-hybridized carbons (Fsp3) is 0.296. The van der Waals surface area contributed by atoms with Crippen LogP contribution in [0.4, 0.5) is 10.9 Å². The molecule has 0 radical (unpaired) electrons. The molecule has 1 N–H and O–H groups in total. The molecule has 0 amide bonds. The molecule has 3 heterocycles. The van der Waals surface area contributed by atoms with Crippen molar-refractivity contribution < 1.29 is 5.11 Å². The van der Waals surface area contributed by atoms with Gasteiger partial charge in [0.15, 0.2) is 5.13 Å². The van der Waals surface area contributed by atoms with Gasteiger partial charge in [0.25, 0.3) is 0 Å². The molecular formula is C27H27N5OS. The van der Waals surface area contributed by atoms with Crippen molar-refractivity contribution in [3.63, 3.8) is 0 Å². The second-order valence-corrected chi connectivity index (χ2v) is 10.00. The Morgan fingerprint density at radius 1 is 0.824 bits per heavy atom. The Morgan fingerprint density at radius 2 is 1.56 bits per heavy atom. The number of aromatic nitrogens is 3. The van der Waals surface area contributed by atoms with Crippen LogP contribution in [-0.4, -0.2) is 52.3 Å². The predicted octanol–water partition coefficient (Wildman–Crippen LogP) is 4.83. The first-order valence-corrected chi connectivity index (χ1v) is 12.7. The maximum absolute atomic E-state index is 9.66. The van der Waals surface area contributed by atoms with Crippen LogP contribution in [0.15, 0.2) is 73.2 Å². The lowest BCUT2D eigenvalue weighted by Crippen LogP contribution is -2.46. The third kappa shape index (κ3) is 4.17. The Balaban J connectivity index is 1.27. The Morgan fingerprint density at radius 3 is 2.24 bits per heavy atom. The summed E-state index contributed by atoms with van der Waals surface area (Å²) in [7, 11) is 0. The number of anilines is 2. The quantitative estimate of drug-likeness (QED) is 0.452. The van der Waals surface area contributed by atoms with Gasteiger partial charge < -0.3 is 14.9 Å². The van der Waals surface area contributed by atoms with Crippen molar-refractivity contribution in [3.05, 3.63) is 78.8 Å². The topological polar surface area (TPSA) is 65.4 Å². The van der Waals surface area contributed by atoms with Crippen molar-refractivity contribution in [2.75, 3.05) is 36.0 Å². The molecule has 0 atom stereocenters. The smallest absolute Gasteiger partial charge is 0.186 e. The van der Waals surface area contributed by atoms with Gasteiger partial charge in [-0.05, 0) is 29.9 Å². The van der Waals surface area contributed by atoms with Crippen molar-refractivity contribution in [2.45, 2.75) is 24.9 Å². The number of piperazine rings is 1. The van der Waals surface area contributed by atoms with Crippen molar-refractivity contribution >= 4 is 22.3 Å². The van der Waals surface area contributed by atoms with Crippen LogP contribution in [0.25, 0.3) is 21.7 Å². The molecule has 1 aliphatic carbocycles. The highest BCUT2D eigenvalue weighted by Crippen LogP contribution is 2.42. The largest absolute Gasteiger partial charge is 0.393 e. The van der Waals surface area contributed by atoms with Gasteiger partial charge in [-0.25, -0.2) is 9.97 Å². The van der Waals surface area contributed by atoms with E-state index in [-0.39, 0.29) is 6.10 Å². The number of rotatable bonds is 5. The number of hydrogen-bond donors (Lipinski definition) is 1. The fourth-order valence-electron chi connectivity index (χ4n) is 4.78. The van der Waals surface area contributed by atoms with Gasteiger partial charge in [-0.15, -0.1) is 0 Å². The maximum atomic E-state index is 9.66. The summed E-state index contributed by atoms with van der Waals surface area (Å²) in [5.41, 5.74) is 4.70. The molecule has 34 heavy (non-hydrogen) atoms. The van der Waals surface area contributed by atoms with Crippen LogP contribution in [0.3, 0.4) is 0 Å². The molecule has 6 rings (SSSR count). The van der Waals surface area contributed by atoms with Gasteiger partial charge in [0.1, 0.15) is 5.82 Å². The van der Waals surface area contributed by atoms with Crippen LogP contribution in [0.5, 0.6) is 0 Å². The Hall–Kier alpha value is -3.29. The minimum Gasteiger partial charge on any atom is -0.393 e. The third-order valence-corrected chi connectivity index (χ3v) is 8.01. The number of aliphatic hydroxyl groups is 1. The zero-order chi connectivity index (χ0) is 22.9. The van der Waals surface area contributed by atoms with E-state index in [4.69, 9.17) is 4.98 Å². The van der Waals surface area contributed by atoms with Gasteiger partial charge in [0, 0.05) is 44.1 Å². The summed E-state index contributed by atoms with van der Waals surface area (Å²) in [4.78, 5) is 19.7. The summed E-state index contributed by atoms with van der Waals surface area (Å²) in [5.74, 6) is 1.42.